The molecule has 0 saturated heterocycles. The van der Waals surface area contributed by atoms with Gasteiger partial charge in [-0.15, -0.1) is 0 Å². The fraction of sp³-hybridized carbons (Fsp3) is 0.231. The third-order valence-electron chi connectivity index (χ3n) is 5.86. The molecule has 0 aliphatic heterocycles. The monoisotopic (exact) mass is 418 g/mol. The maximum Gasteiger partial charge on any atom is 0.243 e. The van der Waals surface area contributed by atoms with Crippen molar-refractivity contribution in [2.45, 2.75) is 24.7 Å². The Bertz CT molecular complexity index is 1040. The van der Waals surface area contributed by atoms with Gasteiger partial charge in [0.1, 0.15) is 11.6 Å². The van der Waals surface area contributed by atoms with Gasteiger partial charge in [-0.05, 0) is 84.3 Å². The number of hydrogen-bond acceptors (Lipinski definition) is 2. The number of allylic oxidation sites excluding steroid dienone is 1. The first-order valence-corrected chi connectivity index (χ1v) is 10.4. The Kier molecular flexibility index (Phi) is 6.21. The number of nitrogens with zero attached hydrogens (tertiary/aromatic N) is 1. The lowest BCUT2D eigenvalue weighted by Crippen LogP contribution is -2.22. The van der Waals surface area contributed by atoms with Crippen LogP contribution in [0.5, 0.6) is 0 Å². The smallest absolute Gasteiger partial charge is 0.243 e. The Morgan fingerprint density at radius 2 is 1.68 bits per heavy atom. The molecule has 3 aromatic rings. The highest BCUT2D eigenvalue weighted by Gasteiger charge is 2.55. The van der Waals surface area contributed by atoms with Gasteiger partial charge < -0.3 is 5.32 Å². The molecule has 0 unspecified atom stereocenters. The molecule has 1 N–H and O–H groups in total. The molecule has 3 nitrogen and oxygen atoms in total. The molecule has 31 heavy (non-hydrogen) atoms. The van der Waals surface area contributed by atoms with Gasteiger partial charge in [-0.2, -0.15) is 0 Å². The van der Waals surface area contributed by atoms with Crippen LogP contribution in [0.15, 0.2) is 85.2 Å². The highest BCUT2D eigenvalue weighted by molar-refractivity contribution is 5.87. The molecule has 1 aromatic heterocycles. The average molecular weight is 418 g/mol. The number of carbonyl (C=O) groups is 1. The highest BCUT2D eigenvalue weighted by Crippen LogP contribution is 2.59. The van der Waals surface area contributed by atoms with E-state index in [1.807, 2.05) is 30.3 Å². The summed E-state index contributed by atoms with van der Waals surface area (Å²) in [6.07, 6.45) is 9.32. The zero-order valence-electron chi connectivity index (χ0n) is 17.1. The van der Waals surface area contributed by atoms with Gasteiger partial charge >= 0.3 is 0 Å². The molecule has 0 radical (unpaired) electrons. The molecular weight excluding hydrogens is 394 g/mol. The summed E-state index contributed by atoms with van der Waals surface area (Å²) in [7, 11) is 0. The minimum atomic E-state index is -0.512. The number of rotatable bonds is 8. The summed E-state index contributed by atoms with van der Waals surface area (Å²) < 4.78 is 27.8. The molecule has 158 valence electrons. The number of carbonyl (C=O) groups excluding carboxylic acids is 1. The van der Waals surface area contributed by atoms with Crippen LogP contribution in [0.25, 0.3) is 0 Å². The van der Waals surface area contributed by atoms with Crippen LogP contribution in [0.4, 0.5) is 8.78 Å². The van der Waals surface area contributed by atoms with E-state index in [2.05, 4.69) is 10.3 Å². The topological polar surface area (TPSA) is 42.0 Å². The molecule has 1 aliphatic carbocycles. The summed E-state index contributed by atoms with van der Waals surface area (Å²) in [5.41, 5.74) is 2.27. The van der Waals surface area contributed by atoms with Crippen LogP contribution in [0.1, 0.15) is 29.5 Å². The Labute approximate surface area is 180 Å². The van der Waals surface area contributed by atoms with E-state index in [9.17, 15) is 13.6 Å². The second-order valence-electron chi connectivity index (χ2n) is 7.91. The van der Waals surface area contributed by atoms with Gasteiger partial charge in [0.25, 0.3) is 0 Å². The molecule has 2 aromatic carbocycles. The van der Waals surface area contributed by atoms with Crippen LogP contribution >= 0.6 is 0 Å². The Morgan fingerprint density at radius 3 is 2.29 bits per heavy atom. The van der Waals surface area contributed by atoms with E-state index in [0.717, 1.165) is 24.0 Å². The second kappa shape index (κ2) is 9.21. The van der Waals surface area contributed by atoms with Crippen molar-refractivity contribution in [3.05, 3.63) is 114 Å². The average Bonchev–Trinajstić information content (AvgIpc) is 3.52. The molecular formula is C26H24F2N2O. The van der Waals surface area contributed by atoms with Gasteiger partial charge in [0, 0.05) is 24.4 Å². The van der Waals surface area contributed by atoms with E-state index < -0.39 is 5.41 Å². The number of nitrogens with one attached hydrogen (secondary N) is 1. The Morgan fingerprint density at radius 1 is 1.03 bits per heavy atom. The van der Waals surface area contributed by atoms with Gasteiger partial charge in [0.05, 0.1) is 0 Å². The molecule has 1 atom stereocenters. The number of aromatic nitrogens is 1. The van der Waals surface area contributed by atoms with Gasteiger partial charge in [0.2, 0.25) is 5.91 Å². The minimum Gasteiger partial charge on any atom is -0.353 e. The fourth-order valence-electron chi connectivity index (χ4n) is 4.20. The SMILES string of the molecule is O=C(C=C[C@@H]1CC1(c1cccc(F)c1)c1cccc(F)c1)NCCCc1ccncc1. The number of amides is 1. The highest BCUT2D eigenvalue weighted by atomic mass is 19.1. The van der Waals surface area contributed by atoms with Gasteiger partial charge in [-0.3, -0.25) is 9.78 Å². The van der Waals surface area contributed by atoms with Crippen molar-refractivity contribution in [2.75, 3.05) is 6.54 Å². The normalized spacial score (nSPS) is 16.9. The summed E-state index contributed by atoms with van der Waals surface area (Å²) >= 11 is 0. The molecule has 1 fully saturated rings. The van der Waals surface area contributed by atoms with Crippen LogP contribution in [0, 0.1) is 17.6 Å². The van der Waals surface area contributed by atoms with E-state index in [1.54, 1.807) is 24.5 Å². The number of pyridine rings is 1. The summed E-state index contributed by atoms with van der Waals surface area (Å²) in [5, 5.41) is 2.90. The first-order chi connectivity index (χ1) is 15.1. The maximum absolute atomic E-state index is 13.9. The molecule has 5 heteroatoms. The number of hydrogen-bond donors (Lipinski definition) is 1. The predicted octanol–water partition coefficient (Wildman–Crippen LogP) is 4.97. The van der Waals surface area contributed by atoms with Crippen LogP contribution in [-0.2, 0) is 16.6 Å². The van der Waals surface area contributed by atoms with E-state index in [1.165, 1.54) is 35.9 Å². The summed E-state index contributed by atoms with van der Waals surface area (Å²) in [6.45, 7) is 0.578. The lowest BCUT2D eigenvalue weighted by Gasteiger charge is -2.18. The minimum absolute atomic E-state index is 0.00123. The molecule has 0 bridgehead atoms. The molecule has 1 saturated carbocycles. The van der Waals surface area contributed by atoms with Crippen molar-refractivity contribution < 1.29 is 13.6 Å². The van der Waals surface area contributed by atoms with Crippen molar-refractivity contribution in [2.24, 2.45) is 5.92 Å². The molecule has 1 aliphatic rings. The van der Waals surface area contributed by atoms with E-state index in [4.69, 9.17) is 0 Å². The maximum atomic E-state index is 13.9. The van der Waals surface area contributed by atoms with E-state index in [-0.39, 0.29) is 23.5 Å². The zero-order valence-corrected chi connectivity index (χ0v) is 17.1. The fourth-order valence-corrected chi connectivity index (χ4v) is 4.20. The van der Waals surface area contributed by atoms with E-state index in [0.29, 0.717) is 13.0 Å². The summed E-state index contributed by atoms with van der Waals surface area (Å²) in [5.74, 6) is -0.808. The first kappa shape index (κ1) is 20.9. The van der Waals surface area contributed by atoms with Crippen molar-refractivity contribution in [3.8, 4) is 0 Å². The third kappa shape index (κ3) is 4.88. The summed E-state index contributed by atoms with van der Waals surface area (Å²) in [4.78, 5) is 16.2. The lowest BCUT2D eigenvalue weighted by molar-refractivity contribution is -0.116. The van der Waals surface area contributed by atoms with Gasteiger partial charge in [-0.25, -0.2) is 8.78 Å². The zero-order chi connectivity index (χ0) is 21.7. The standard InChI is InChI=1S/C26H24F2N2O/c27-23-7-1-5-20(16-23)26(21-6-2-8-24(28)17-21)18-22(26)9-10-25(31)30-13-3-4-19-11-14-29-15-12-19/h1-2,5-12,14-17,22H,3-4,13,18H2,(H,30,31)/t22-/m1/s1. The van der Waals surface area contributed by atoms with Crippen molar-refractivity contribution in [3.63, 3.8) is 0 Å². The quantitative estimate of drug-likeness (QED) is 0.415. The van der Waals surface area contributed by atoms with Crippen LogP contribution in [0.2, 0.25) is 0 Å². The van der Waals surface area contributed by atoms with Crippen molar-refractivity contribution in [1.29, 1.82) is 0 Å². The number of benzene rings is 2. The lowest BCUT2D eigenvalue weighted by atomic mass is 9.85. The van der Waals surface area contributed by atoms with Crippen LogP contribution < -0.4 is 5.32 Å². The summed E-state index contributed by atoms with van der Waals surface area (Å²) in [6, 6.07) is 16.8. The van der Waals surface area contributed by atoms with Crippen molar-refractivity contribution >= 4 is 5.91 Å². The molecule has 0 spiro atoms. The van der Waals surface area contributed by atoms with Gasteiger partial charge in [-0.1, -0.05) is 30.3 Å². The van der Waals surface area contributed by atoms with Crippen LogP contribution in [-0.4, -0.2) is 17.4 Å². The van der Waals surface area contributed by atoms with Gasteiger partial charge in [0.15, 0.2) is 0 Å². The first-order valence-electron chi connectivity index (χ1n) is 10.4. The van der Waals surface area contributed by atoms with Crippen LogP contribution in [0.3, 0.4) is 0 Å². The largest absolute Gasteiger partial charge is 0.353 e. The number of aryl methyl sites for hydroxylation is 1. The molecule has 1 amide bonds. The predicted molar refractivity (Wildman–Crippen MR) is 116 cm³/mol. The third-order valence-corrected chi connectivity index (χ3v) is 5.86. The van der Waals surface area contributed by atoms with Crippen molar-refractivity contribution in [1.82, 2.24) is 10.3 Å². The Balaban J connectivity index is 1.40. The van der Waals surface area contributed by atoms with E-state index >= 15 is 0 Å². The molecule has 1 heterocycles. The molecule has 4 rings (SSSR count). The second-order valence-corrected chi connectivity index (χ2v) is 7.91. The number of halogens is 2. The Hall–Kier alpha value is -3.34.